The lowest BCUT2D eigenvalue weighted by Crippen LogP contribution is -2.30. The molecular formula is C18H19ClN2O4. The second-order valence-electron chi connectivity index (χ2n) is 5.23. The number of nitrogen functional groups attached to an aromatic ring is 1. The zero-order valence-electron chi connectivity index (χ0n) is 13.9. The Balaban J connectivity index is 1.96. The van der Waals surface area contributed by atoms with Crippen LogP contribution in [0.25, 0.3) is 0 Å². The molecule has 2 aromatic carbocycles. The van der Waals surface area contributed by atoms with E-state index in [0.29, 0.717) is 23.1 Å². The first kappa shape index (κ1) is 18.6. The first-order chi connectivity index (χ1) is 11.9. The van der Waals surface area contributed by atoms with E-state index >= 15 is 0 Å². The van der Waals surface area contributed by atoms with Gasteiger partial charge in [0.05, 0.1) is 12.2 Å². The van der Waals surface area contributed by atoms with Crippen molar-refractivity contribution >= 4 is 34.9 Å². The number of amides is 1. The Labute approximate surface area is 150 Å². The molecule has 0 aliphatic rings. The van der Waals surface area contributed by atoms with E-state index in [1.807, 2.05) is 6.92 Å². The van der Waals surface area contributed by atoms with E-state index in [4.69, 9.17) is 26.8 Å². The van der Waals surface area contributed by atoms with Gasteiger partial charge in [0.15, 0.2) is 6.10 Å². The molecule has 7 heteroatoms. The SMILES string of the molecule is CCOc1ccc(NC(=O)[C@H](C)OC(=O)c2ccc(Cl)cc2N)cc1. The number of benzene rings is 2. The molecule has 0 aliphatic carbocycles. The van der Waals surface area contributed by atoms with Gasteiger partial charge in [-0.3, -0.25) is 4.79 Å². The highest BCUT2D eigenvalue weighted by atomic mass is 35.5. The number of nitrogens with one attached hydrogen (secondary N) is 1. The van der Waals surface area contributed by atoms with Crippen LogP contribution in [-0.4, -0.2) is 24.6 Å². The Morgan fingerprint density at radius 3 is 2.48 bits per heavy atom. The molecule has 132 valence electrons. The number of carbonyl (C=O) groups excluding carboxylic acids is 2. The Morgan fingerprint density at radius 1 is 1.20 bits per heavy atom. The molecule has 0 saturated heterocycles. The van der Waals surface area contributed by atoms with Crippen molar-refractivity contribution in [2.45, 2.75) is 20.0 Å². The highest BCUT2D eigenvalue weighted by molar-refractivity contribution is 6.31. The molecule has 0 unspecified atom stereocenters. The minimum Gasteiger partial charge on any atom is -0.494 e. The van der Waals surface area contributed by atoms with E-state index in [1.54, 1.807) is 24.3 Å². The zero-order valence-corrected chi connectivity index (χ0v) is 14.7. The molecular weight excluding hydrogens is 344 g/mol. The largest absolute Gasteiger partial charge is 0.494 e. The third-order valence-corrected chi connectivity index (χ3v) is 3.55. The lowest BCUT2D eigenvalue weighted by atomic mass is 10.2. The van der Waals surface area contributed by atoms with Crippen molar-refractivity contribution in [3.8, 4) is 5.75 Å². The van der Waals surface area contributed by atoms with E-state index in [1.165, 1.54) is 25.1 Å². The number of hydrogen-bond donors (Lipinski definition) is 2. The van der Waals surface area contributed by atoms with Crippen molar-refractivity contribution in [1.29, 1.82) is 0 Å². The summed E-state index contributed by atoms with van der Waals surface area (Å²) in [6.45, 7) is 3.93. The lowest BCUT2D eigenvalue weighted by molar-refractivity contribution is -0.123. The molecule has 0 heterocycles. The fraction of sp³-hybridized carbons (Fsp3) is 0.222. The van der Waals surface area contributed by atoms with Crippen LogP contribution in [0.15, 0.2) is 42.5 Å². The molecule has 0 spiro atoms. The standard InChI is InChI=1S/C18H19ClN2O4/c1-3-24-14-7-5-13(6-8-14)21-17(22)11(2)25-18(23)15-9-4-12(19)10-16(15)20/h4-11H,3,20H2,1-2H3,(H,21,22)/t11-/m0/s1. The predicted octanol–water partition coefficient (Wildman–Crippen LogP) is 3.50. The van der Waals surface area contributed by atoms with E-state index in [2.05, 4.69) is 5.32 Å². The third-order valence-electron chi connectivity index (χ3n) is 3.32. The van der Waals surface area contributed by atoms with Crippen molar-refractivity contribution in [1.82, 2.24) is 0 Å². The summed E-state index contributed by atoms with van der Waals surface area (Å²) in [7, 11) is 0. The number of rotatable bonds is 6. The van der Waals surface area contributed by atoms with Gasteiger partial charge in [-0.15, -0.1) is 0 Å². The number of hydrogen-bond acceptors (Lipinski definition) is 5. The molecule has 1 atom stereocenters. The Bertz CT molecular complexity index is 762. The van der Waals surface area contributed by atoms with Crippen LogP contribution in [0.3, 0.4) is 0 Å². The van der Waals surface area contributed by atoms with E-state index in [9.17, 15) is 9.59 Å². The molecule has 1 amide bonds. The number of ether oxygens (including phenoxy) is 2. The van der Waals surface area contributed by atoms with Crippen LogP contribution in [0.2, 0.25) is 5.02 Å². The van der Waals surface area contributed by atoms with Crippen molar-refractivity contribution in [3.05, 3.63) is 53.1 Å². The van der Waals surface area contributed by atoms with Gasteiger partial charge in [0.25, 0.3) is 5.91 Å². The quantitative estimate of drug-likeness (QED) is 0.606. The summed E-state index contributed by atoms with van der Waals surface area (Å²) < 4.78 is 10.5. The lowest BCUT2D eigenvalue weighted by Gasteiger charge is -2.14. The van der Waals surface area contributed by atoms with Crippen LogP contribution < -0.4 is 15.8 Å². The van der Waals surface area contributed by atoms with Crippen molar-refractivity contribution in [2.75, 3.05) is 17.7 Å². The summed E-state index contributed by atoms with van der Waals surface area (Å²) in [6, 6.07) is 11.3. The first-order valence-corrected chi connectivity index (χ1v) is 8.08. The van der Waals surface area contributed by atoms with E-state index in [-0.39, 0.29) is 11.3 Å². The molecule has 25 heavy (non-hydrogen) atoms. The van der Waals surface area contributed by atoms with Crippen LogP contribution in [0.1, 0.15) is 24.2 Å². The van der Waals surface area contributed by atoms with Gasteiger partial charge >= 0.3 is 5.97 Å². The topological polar surface area (TPSA) is 90.6 Å². The maximum absolute atomic E-state index is 12.2. The second-order valence-corrected chi connectivity index (χ2v) is 5.66. The van der Waals surface area contributed by atoms with Gasteiger partial charge in [0.1, 0.15) is 5.75 Å². The molecule has 0 fully saturated rings. The predicted molar refractivity (Wildman–Crippen MR) is 97.0 cm³/mol. The summed E-state index contributed by atoms with van der Waals surface area (Å²) in [5, 5.41) is 3.08. The molecule has 0 aliphatic heterocycles. The Kier molecular flexibility index (Phi) is 6.25. The first-order valence-electron chi connectivity index (χ1n) is 7.70. The van der Waals surface area contributed by atoms with Gasteiger partial charge in [-0.25, -0.2) is 4.79 Å². The van der Waals surface area contributed by atoms with Crippen molar-refractivity contribution in [3.63, 3.8) is 0 Å². The summed E-state index contributed by atoms with van der Waals surface area (Å²) in [6.07, 6.45) is -0.992. The third kappa shape index (κ3) is 5.12. The van der Waals surface area contributed by atoms with Crippen LogP contribution >= 0.6 is 11.6 Å². The van der Waals surface area contributed by atoms with Crippen LogP contribution in [0, 0.1) is 0 Å². The van der Waals surface area contributed by atoms with Crippen LogP contribution in [0.5, 0.6) is 5.75 Å². The average Bonchev–Trinajstić information content (AvgIpc) is 2.56. The van der Waals surface area contributed by atoms with E-state index < -0.39 is 18.0 Å². The van der Waals surface area contributed by atoms with E-state index in [0.717, 1.165) is 0 Å². The molecule has 3 N–H and O–H groups in total. The van der Waals surface area contributed by atoms with Gasteiger partial charge in [-0.05, 0) is 56.3 Å². The second kappa shape index (κ2) is 8.39. The monoisotopic (exact) mass is 362 g/mol. The molecule has 2 rings (SSSR count). The van der Waals surface area contributed by atoms with Gasteiger partial charge in [0, 0.05) is 16.4 Å². The highest BCUT2D eigenvalue weighted by Crippen LogP contribution is 2.20. The van der Waals surface area contributed by atoms with Gasteiger partial charge in [0.2, 0.25) is 0 Å². The number of esters is 1. The molecule has 0 bridgehead atoms. The maximum Gasteiger partial charge on any atom is 0.341 e. The average molecular weight is 363 g/mol. The fourth-order valence-corrected chi connectivity index (χ4v) is 2.22. The van der Waals surface area contributed by atoms with Gasteiger partial charge in [-0.2, -0.15) is 0 Å². The smallest absolute Gasteiger partial charge is 0.341 e. The summed E-state index contributed by atoms with van der Waals surface area (Å²) in [5.74, 6) is -0.438. The van der Waals surface area contributed by atoms with Crippen molar-refractivity contribution in [2.24, 2.45) is 0 Å². The van der Waals surface area contributed by atoms with Gasteiger partial charge < -0.3 is 20.5 Å². The zero-order chi connectivity index (χ0) is 18.4. The van der Waals surface area contributed by atoms with Crippen LogP contribution in [-0.2, 0) is 9.53 Å². The normalized spacial score (nSPS) is 11.5. The minimum absolute atomic E-state index is 0.158. The maximum atomic E-state index is 12.2. The van der Waals surface area contributed by atoms with Gasteiger partial charge in [-0.1, -0.05) is 11.6 Å². The number of carbonyl (C=O) groups is 2. The Morgan fingerprint density at radius 2 is 1.88 bits per heavy atom. The molecule has 2 aromatic rings. The molecule has 0 radical (unpaired) electrons. The van der Waals surface area contributed by atoms with Crippen molar-refractivity contribution < 1.29 is 19.1 Å². The molecule has 6 nitrogen and oxygen atoms in total. The number of nitrogens with two attached hydrogens (primary N) is 1. The molecule has 0 aromatic heterocycles. The minimum atomic E-state index is -0.992. The number of halogens is 1. The summed E-state index contributed by atoms with van der Waals surface area (Å²) in [4.78, 5) is 24.3. The van der Waals surface area contributed by atoms with Crippen LogP contribution in [0.4, 0.5) is 11.4 Å². The number of anilines is 2. The fourth-order valence-electron chi connectivity index (χ4n) is 2.04. The molecule has 0 saturated carbocycles. The Hall–Kier alpha value is -2.73. The summed E-state index contributed by atoms with van der Waals surface area (Å²) in [5.41, 5.74) is 6.66. The highest BCUT2D eigenvalue weighted by Gasteiger charge is 2.20. The summed E-state index contributed by atoms with van der Waals surface area (Å²) >= 11 is 5.79.